The van der Waals surface area contributed by atoms with Gasteiger partial charge >= 0.3 is 0 Å². The van der Waals surface area contributed by atoms with Gasteiger partial charge in [0.15, 0.2) is 11.3 Å². The summed E-state index contributed by atoms with van der Waals surface area (Å²) in [4.78, 5) is 8.72. The molecule has 7 heteroatoms. The molecule has 3 heterocycles. The number of aromatic hydroxyl groups is 1. The molecule has 0 unspecified atom stereocenters. The molecule has 0 bridgehead atoms. The molecule has 0 saturated carbocycles. The molecule has 0 amide bonds. The molecule has 0 radical (unpaired) electrons. The normalized spacial score (nSPS) is 11.4. The van der Waals surface area contributed by atoms with E-state index in [9.17, 15) is 5.11 Å². The summed E-state index contributed by atoms with van der Waals surface area (Å²) in [6, 6.07) is 10.6. The third kappa shape index (κ3) is 1.81. The minimum absolute atomic E-state index is 0.0849. The van der Waals surface area contributed by atoms with Crippen LogP contribution in [-0.2, 0) is 0 Å². The molecule has 4 aromatic rings. The average molecular weight is 312 g/mol. The third-order valence-corrected chi connectivity index (χ3v) is 3.77. The standard InChI is InChI=1S/C15H10ClN5O/c1-8-13-20-19-11-6-7-12(22)18-15(11)21(13)14(17-8)9-4-2-3-5-10(9)16/h2-7H,1H3,(H,18,22). The van der Waals surface area contributed by atoms with Crippen LogP contribution in [0, 0.1) is 6.92 Å². The van der Waals surface area contributed by atoms with Crippen LogP contribution < -0.4 is 0 Å². The van der Waals surface area contributed by atoms with Gasteiger partial charge in [-0.3, -0.25) is 4.40 Å². The van der Waals surface area contributed by atoms with Gasteiger partial charge in [0.1, 0.15) is 11.3 Å². The van der Waals surface area contributed by atoms with Gasteiger partial charge in [0, 0.05) is 11.6 Å². The van der Waals surface area contributed by atoms with Gasteiger partial charge in [-0.1, -0.05) is 23.7 Å². The van der Waals surface area contributed by atoms with Gasteiger partial charge in [-0.15, -0.1) is 10.2 Å². The van der Waals surface area contributed by atoms with Crippen molar-refractivity contribution < 1.29 is 5.11 Å². The third-order valence-electron chi connectivity index (χ3n) is 3.44. The molecule has 0 spiro atoms. The van der Waals surface area contributed by atoms with Crippen molar-refractivity contribution in [1.82, 2.24) is 24.6 Å². The van der Waals surface area contributed by atoms with Gasteiger partial charge in [0.2, 0.25) is 5.88 Å². The second-order valence-electron chi connectivity index (χ2n) is 4.87. The molecule has 0 aliphatic heterocycles. The van der Waals surface area contributed by atoms with E-state index in [0.717, 1.165) is 11.3 Å². The summed E-state index contributed by atoms with van der Waals surface area (Å²) in [5, 5.41) is 18.6. The predicted octanol–water partition coefficient (Wildman–Crippen LogP) is 3.01. The Kier molecular flexibility index (Phi) is 2.74. The second-order valence-corrected chi connectivity index (χ2v) is 5.28. The quantitative estimate of drug-likeness (QED) is 0.585. The Morgan fingerprint density at radius 2 is 1.82 bits per heavy atom. The molecule has 1 N–H and O–H groups in total. The number of aromatic nitrogens is 5. The fourth-order valence-electron chi connectivity index (χ4n) is 2.44. The lowest BCUT2D eigenvalue weighted by Gasteiger charge is -2.05. The van der Waals surface area contributed by atoms with Crippen LogP contribution in [0.5, 0.6) is 5.88 Å². The number of nitrogens with zero attached hydrogens (tertiary/aromatic N) is 5. The highest BCUT2D eigenvalue weighted by atomic mass is 35.5. The SMILES string of the molecule is Cc1nc(-c2ccccc2Cl)n2c1nnc1ccc(O)nc12. The van der Waals surface area contributed by atoms with E-state index in [0.29, 0.717) is 27.7 Å². The van der Waals surface area contributed by atoms with Crippen molar-refractivity contribution in [3.8, 4) is 17.3 Å². The molecule has 0 aliphatic rings. The number of halogens is 1. The molecule has 0 aliphatic carbocycles. The number of aryl methyl sites for hydroxylation is 1. The van der Waals surface area contributed by atoms with Crippen LogP contribution in [0.2, 0.25) is 5.02 Å². The van der Waals surface area contributed by atoms with Crippen molar-refractivity contribution in [2.75, 3.05) is 0 Å². The zero-order valence-electron chi connectivity index (χ0n) is 11.5. The van der Waals surface area contributed by atoms with Gasteiger partial charge in [0.05, 0.1) is 10.7 Å². The van der Waals surface area contributed by atoms with E-state index in [1.54, 1.807) is 16.5 Å². The Bertz CT molecular complexity index is 1030. The fraction of sp³-hybridized carbons (Fsp3) is 0.0667. The highest BCUT2D eigenvalue weighted by Gasteiger charge is 2.17. The first-order valence-electron chi connectivity index (χ1n) is 6.61. The summed E-state index contributed by atoms with van der Waals surface area (Å²) in [7, 11) is 0. The lowest BCUT2D eigenvalue weighted by atomic mass is 10.2. The van der Waals surface area contributed by atoms with Gasteiger partial charge in [-0.25, -0.2) is 4.98 Å². The van der Waals surface area contributed by atoms with Crippen LogP contribution in [0.25, 0.3) is 28.2 Å². The summed E-state index contributed by atoms with van der Waals surface area (Å²) >= 11 is 6.29. The number of rotatable bonds is 1. The van der Waals surface area contributed by atoms with Gasteiger partial charge < -0.3 is 5.11 Å². The number of fused-ring (bicyclic) bond motifs is 3. The summed E-state index contributed by atoms with van der Waals surface area (Å²) in [5.41, 5.74) is 3.12. The van der Waals surface area contributed by atoms with Crippen LogP contribution in [-0.4, -0.2) is 29.7 Å². The first kappa shape index (κ1) is 13.0. The molecule has 0 atom stereocenters. The molecular formula is C15H10ClN5O. The van der Waals surface area contributed by atoms with E-state index in [4.69, 9.17) is 11.6 Å². The predicted molar refractivity (Wildman–Crippen MR) is 82.9 cm³/mol. The number of pyridine rings is 1. The Morgan fingerprint density at radius 3 is 2.64 bits per heavy atom. The van der Waals surface area contributed by atoms with Crippen molar-refractivity contribution in [2.45, 2.75) is 6.92 Å². The van der Waals surface area contributed by atoms with Crippen molar-refractivity contribution in [2.24, 2.45) is 0 Å². The van der Waals surface area contributed by atoms with Crippen LogP contribution in [0.4, 0.5) is 0 Å². The molecular weight excluding hydrogens is 302 g/mol. The molecule has 4 rings (SSSR count). The van der Waals surface area contributed by atoms with Crippen LogP contribution in [0.1, 0.15) is 5.69 Å². The highest BCUT2D eigenvalue weighted by molar-refractivity contribution is 6.33. The second kappa shape index (κ2) is 4.64. The maximum atomic E-state index is 9.69. The van der Waals surface area contributed by atoms with E-state index >= 15 is 0 Å². The van der Waals surface area contributed by atoms with Crippen LogP contribution >= 0.6 is 11.6 Å². The summed E-state index contributed by atoms with van der Waals surface area (Å²) in [6.45, 7) is 1.85. The van der Waals surface area contributed by atoms with E-state index in [2.05, 4.69) is 20.2 Å². The molecule has 0 saturated heterocycles. The Morgan fingerprint density at radius 1 is 1.00 bits per heavy atom. The average Bonchev–Trinajstić information content (AvgIpc) is 2.85. The lowest BCUT2D eigenvalue weighted by molar-refractivity contribution is 0.455. The van der Waals surface area contributed by atoms with E-state index < -0.39 is 0 Å². The minimum Gasteiger partial charge on any atom is -0.493 e. The van der Waals surface area contributed by atoms with Crippen molar-refractivity contribution in [1.29, 1.82) is 0 Å². The summed E-state index contributed by atoms with van der Waals surface area (Å²) < 4.78 is 1.76. The Labute approximate surface area is 130 Å². The maximum absolute atomic E-state index is 9.69. The number of imidazole rings is 1. The zero-order valence-corrected chi connectivity index (χ0v) is 12.3. The van der Waals surface area contributed by atoms with Gasteiger partial charge in [-0.05, 0) is 25.1 Å². The largest absolute Gasteiger partial charge is 0.493 e. The zero-order chi connectivity index (χ0) is 15.3. The van der Waals surface area contributed by atoms with E-state index in [-0.39, 0.29) is 5.88 Å². The van der Waals surface area contributed by atoms with Gasteiger partial charge in [0.25, 0.3) is 0 Å². The van der Waals surface area contributed by atoms with Crippen molar-refractivity contribution in [3.05, 3.63) is 47.1 Å². The highest BCUT2D eigenvalue weighted by Crippen LogP contribution is 2.29. The summed E-state index contributed by atoms with van der Waals surface area (Å²) in [5.74, 6) is 0.536. The monoisotopic (exact) mass is 311 g/mol. The minimum atomic E-state index is -0.0849. The maximum Gasteiger partial charge on any atom is 0.212 e. The molecule has 3 aromatic heterocycles. The van der Waals surface area contributed by atoms with Gasteiger partial charge in [-0.2, -0.15) is 4.98 Å². The first-order valence-corrected chi connectivity index (χ1v) is 6.99. The first-order chi connectivity index (χ1) is 10.6. The van der Waals surface area contributed by atoms with E-state index in [1.165, 1.54) is 6.07 Å². The number of hydrogen-bond acceptors (Lipinski definition) is 5. The Hall–Kier alpha value is -2.73. The summed E-state index contributed by atoms with van der Waals surface area (Å²) in [6.07, 6.45) is 0. The fourth-order valence-corrected chi connectivity index (χ4v) is 2.66. The Balaban J connectivity index is 2.20. The van der Waals surface area contributed by atoms with Crippen LogP contribution in [0.3, 0.4) is 0 Å². The lowest BCUT2D eigenvalue weighted by Crippen LogP contribution is -1.99. The molecule has 1 aromatic carbocycles. The molecule has 22 heavy (non-hydrogen) atoms. The molecule has 108 valence electrons. The topological polar surface area (TPSA) is 76.2 Å². The number of hydrogen-bond donors (Lipinski definition) is 1. The van der Waals surface area contributed by atoms with Crippen molar-refractivity contribution >= 4 is 28.4 Å². The smallest absolute Gasteiger partial charge is 0.212 e. The van der Waals surface area contributed by atoms with Crippen molar-refractivity contribution in [3.63, 3.8) is 0 Å². The van der Waals surface area contributed by atoms with Crippen LogP contribution in [0.15, 0.2) is 36.4 Å². The molecule has 6 nitrogen and oxygen atoms in total. The number of benzene rings is 1. The molecule has 0 fully saturated rings. The van der Waals surface area contributed by atoms with E-state index in [1.807, 2.05) is 25.1 Å².